The zero-order chi connectivity index (χ0) is 30.4. The van der Waals surface area contributed by atoms with Gasteiger partial charge in [-0.1, -0.05) is 12.6 Å². The SMILES string of the molecule is C=C(F)C(=O)N1CCN(c2nc(OCC34CCCN3CCC4)nc3c2CCN(c2cccc4scc(F)c24)C3)C[C@@H]1CC#N. The van der Waals surface area contributed by atoms with Crippen molar-refractivity contribution in [1.82, 2.24) is 19.8 Å². The van der Waals surface area contributed by atoms with Gasteiger partial charge in [-0.3, -0.25) is 9.69 Å². The number of halogens is 2. The Kier molecular flexibility index (Phi) is 7.62. The highest BCUT2D eigenvalue weighted by Gasteiger charge is 2.45. The molecule has 9 nitrogen and oxygen atoms in total. The summed E-state index contributed by atoms with van der Waals surface area (Å²) in [6.07, 6.45) is 5.21. The molecule has 7 rings (SSSR count). The molecule has 6 heterocycles. The first-order chi connectivity index (χ1) is 21.4. The van der Waals surface area contributed by atoms with Crippen molar-refractivity contribution >= 4 is 38.8 Å². The number of hydrogen-bond acceptors (Lipinski definition) is 9. The number of fused-ring (bicyclic) bond motifs is 3. The molecule has 0 aliphatic carbocycles. The lowest BCUT2D eigenvalue weighted by molar-refractivity contribution is -0.131. The Morgan fingerprint density at radius 2 is 1.98 bits per heavy atom. The van der Waals surface area contributed by atoms with E-state index < -0.39 is 17.8 Å². The smallest absolute Gasteiger partial charge is 0.318 e. The summed E-state index contributed by atoms with van der Waals surface area (Å²) in [5.41, 5.74) is 2.67. The average molecular weight is 620 g/mol. The maximum absolute atomic E-state index is 14.9. The van der Waals surface area contributed by atoms with E-state index in [1.54, 1.807) is 5.38 Å². The molecule has 4 aliphatic rings. The molecule has 0 N–H and O–H groups in total. The third kappa shape index (κ3) is 5.06. The van der Waals surface area contributed by atoms with E-state index in [1.165, 1.54) is 16.2 Å². The predicted molar refractivity (Wildman–Crippen MR) is 165 cm³/mol. The van der Waals surface area contributed by atoms with Gasteiger partial charge < -0.3 is 19.4 Å². The van der Waals surface area contributed by atoms with Crippen LogP contribution in [-0.4, -0.2) is 83.1 Å². The van der Waals surface area contributed by atoms with E-state index in [2.05, 4.69) is 27.3 Å². The molecular weight excluding hydrogens is 584 g/mol. The Hall–Kier alpha value is -3.82. The fourth-order valence-electron chi connectivity index (χ4n) is 7.63. The standard InChI is InChI=1S/C32H35F2N7O2S/c1-21(33)30(42)41-16-15-39(17-22(41)7-11-35)29-23-8-14-38(26-5-2-6-27-28(26)24(34)19-44-27)18-25(23)36-31(37-29)43-20-32-9-3-12-40(32)13-4-10-32/h2,5-6,19,22H,1,3-4,7-10,12-18,20H2/t22-/m0/s1. The molecule has 3 fully saturated rings. The van der Waals surface area contributed by atoms with Gasteiger partial charge in [0.05, 0.1) is 41.7 Å². The monoisotopic (exact) mass is 619 g/mol. The van der Waals surface area contributed by atoms with Crippen LogP contribution in [-0.2, 0) is 17.8 Å². The lowest BCUT2D eigenvalue weighted by Crippen LogP contribution is -2.55. The van der Waals surface area contributed by atoms with Crippen LogP contribution in [0.3, 0.4) is 0 Å². The number of thiophene rings is 1. The molecule has 4 aliphatic heterocycles. The minimum atomic E-state index is -1.03. The van der Waals surface area contributed by atoms with Crippen LogP contribution in [0.2, 0.25) is 0 Å². The van der Waals surface area contributed by atoms with Gasteiger partial charge in [-0.05, 0) is 57.3 Å². The van der Waals surface area contributed by atoms with E-state index in [4.69, 9.17) is 14.7 Å². The van der Waals surface area contributed by atoms with Crippen LogP contribution in [0.15, 0.2) is 36.0 Å². The van der Waals surface area contributed by atoms with E-state index in [1.807, 2.05) is 18.2 Å². The van der Waals surface area contributed by atoms with E-state index >= 15 is 0 Å². The third-order valence-corrected chi connectivity index (χ3v) is 10.7. The molecular formula is C32H35F2N7O2S. The Bertz CT molecular complexity index is 1650. The summed E-state index contributed by atoms with van der Waals surface area (Å²) >= 11 is 1.40. The molecule has 0 spiro atoms. The number of nitriles is 1. The van der Waals surface area contributed by atoms with E-state index in [9.17, 15) is 18.8 Å². The molecule has 0 unspecified atom stereocenters. The Morgan fingerprint density at radius 1 is 1.16 bits per heavy atom. The number of nitrogens with zero attached hydrogens (tertiary/aromatic N) is 7. The van der Waals surface area contributed by atoms with Gasteiger partial charge in [-0.25, -0.2) is 8.78 Å². The van der Waals surface area contributed by atoms with Gasteiger partial charge in [0.1, 0.15) is 18.2 Å². The second kappa shape index (κ2) is 11.6. The Morgan fingerprint density at radius 3 is 2.75 bits per heavy atom. The zero-order valence-corrected chi connectivity index (χ0v) is 25.4. The lowest BCUT2D eigenvalue weighted by atomic mass is 9.95. The van der Waals surface area contributed by atoms with Gasteiger partial charge in [-0.2, -0.15) is 15.2 Å². The number of carbonyl (C=O) groups excluding carboxylic acids is 1. The normalized spacial score (nSPS) is 21.3. The molecule has 12 heteroatoms. The van der Waals surface area contributed by atoms with Gasteiger partial charge in [0, 0.05) is 47.5 Å². The van der Waals surface area contributed by atoms with Crippen LogP contribution in [0.4, 0.5) is 20.3 Å². The molecule has 230 valence electrons. The van der Waals surface area contributed by atoms with Crippen molar-refractivity contribution in [2.24, 2.45) is 0 Å². The fraction of sp³-hybridized carbons (Fsp3) is 0.500. The van der Waals surface area contributed by atoms with Crippen LogP contribution in [0.1, 0.15) is 43.4 Å². The van der Waals surface area contributed by atoms with Gasteiger partial charge >= 0.3 is 6.01 Å². The highest BCUT2D eigenvalue weighted by Crippen LogP contribution is 2.40. The summed E-state index contributed by atoms with van der Waals surface area (Å²) in [6, 6.07) is 7.80. The number of amides is 1. The van der Waals surface area contributed by atoms with Crippen molar-refractivity contribution < 1.29 is 18.3 Å². The summed E-state index contributed by atoms with van der Waals surface area (Å²) in [5.74, 6) is -1.30. The quantitative estimate of drug-likeness (QED) is 0.348. The topological polar surface area (TPSA) is 88.8 Å². The summed E-state index contributed by atoms with van der Waals surface area (Å²) in [7, 11) is 0. The number of carbonyl (C=O) groups is 1. The predicted octanol–water partition coefficient (Wildman–Crippen LogP) is 4.81. The highest BCUT2D eigenvalue weighted by molar-refractivity contribution is 7.17. The van der Waals surface area contributed by atoms with Crippen molar-refractivity contribution in [3.05, 3.63) is 53.1 Å². The van der Waals surface area contributed by atoms with Crippen LogP contribution < -0.4 is 14.5 Å². The maximum atomic E-state index is 14.9. The molecule has 0 bridgehead atoms. The first kappa shape index (κ1) is 28.9. The molecule has 1 amide bonds. The average Bonchev–Trinajstić information content (AvgIpc) is 3.73. The molecule has 3 aromatic rings. The minimum Gasteiger partial charge on any atom is -0.461 e. The third-order valence-electron chi connectivity index (χ3n) is 9.78. The first-order valence-electron chi connectivity index (χ1n) is 15.3. The van der Waals surface area contributed by atoms with Gasteiger partial charge in [-0.15, -0.1) is 11.3 Å². The van der Waals surface area contributed by atoms with Crippen molar-refractivity contribution in [1.29, 1.82) is 5.26 Å². The van der Waals surface area contributed by atoms with Crippen LogP contribution in [0, 0.1) is 17.1 Å². The number of ether oxygens (including phenoxy) is 1. The van der Waals surface area contributed by atoms with Crippen LogP contribution in [0.5, 0.6) is 6.01 Å². The van der Waals surface area contributed by atoms with Crippen molar-refractivity contribution in [2.45, 2.75) is 56.7 Å². The number of piperazine rings is 1. The molecule has 1 atom stereocenters. The van der Waals surface area contributed by atoms with Crippen LogP contribution in [0.25, 0.3) is 10.1 Å². The second-order valence-electron chi connectivity index (χ2n) is 12.2. The lowest BCUT2D eigenvalue weighted by Gasteiger charge is -2.42. The number of benzene rings is 1. The number of anilines is 2. The summed E-state index contributed by atoms with van der Waals surface area (Å²) < 4.78 is 36.0. The van der Waals surface area contributed by atoms with E-state index in [0.29, 0.717) is 50.6 Å². The first-order valence-corrected chi connectivity index (χ1v) is 16.2. The molecule has 2 aromatic heterocycles. The zero-order valence-electron chi connectivity index (χ0n) is 24.6. The number of hydrogen-bond donors (Lipinski definition) is 0. The largest absolute Gasteiger partial charge is 0.461 e. The van der Waals surface area contributed by atoms with Crippen molar-refractivity contribution in [3.8, 4) is 12.1 Å². The highest BCUT2D eigenvalue weighted by atomic mass is 32.1. The Balaban J connectivity index is 1.22. The molecule has 3 saturated heterocycles. The fourth-order valence-corrected chi connectivity index (χ4v) is 8.45. The maximum Gasteiger partial charge on any atom is 0.318 e. The van der Waals surface area contributed by atoms with Gasteiger partial charge in [0.15, 0.2) is 5.83 Å². The van der Waals surface area contributed by atoms with E-state index in [-0.39, 0.29) is 24.3 Å². The minimum absolute atomic E-state index is 0.0240. The van der Waals surface area contributed by atoms with Crippen molar-refractivity contribution in [2.75, 3.05) is 55.7 Å². The molecule has 1 aromatic carbocycles. The van der Waals surface area contributed by atoms with Crippen molar-refractivity contribution in [3.63, 3.8) is 0 Å². The second-order valence-corrected chi connectivity index (χ2v) is 13.1. The van der Waals surface area contributed by atoms with Crippen LogP contribution >= 0.6 is 11.3 Å². The number of rotatable bonds is 7. The summed E-state index contributed by atoms with van der Waals surface area (Å²) in [5, 5.41) is 11.7. The molecule has 0 radical (unpaired) electrons. The van der Waals surface area contributed by atoms with Gasteiger partial charge in [0.2, 0.25) is 0 Å². The van der Waals surface area contributed by atoms with Gasteiger partial charge in [0.25, 0.3) is 5.91 Å². The summed E-state index contributed by atoms with van der Waals surface area (Å²) in [4.78, 5) is 30.6. The molecule has 0 saturated carbocycles. The number of aromatic nitrogens is 2. The summed E-state index contributed by atoms with van der Waals surface area (Å²) in [6.45, 7) is 7.99. The molecule has 44 heavy (non-hydrogen) atoms. The Labute approximate surface area is 259 Å². The van der Waals surface area contributed by atoms with E-state index in [0.717, 1.165) is 66.2 Å².